The molecule has 8 heteroatoms. The van der Waals surface area contributed by atoms with Crippen molar-refractivity contribution in [1.82, 2.24) is 9.47 Å². The number of hydrogen-bond acceptors (Lipinski definition) is 3. The number of anilines is 1. The van der Waals surface area contributed by atoms with Gasteiger partial charge in [-0.05, 0) is 50.6 Å². The van der Waals surface area contributed by atoms with Crippen molar-refractivity contribution in [2.75, 3.05) is 37.6 Å². The molecule has 4 nitrogen and oxygen atoms in total. The van der Waals surface area contributed by atoms with Crippen LogP contribution in [0.15, 0.2) is 30.3 Å². The second-order valence-electron chi connectivity index (χ2n) is 7.50. The number of aryl methyl sites for hydroxylation is 1. The number of ketones is 1. The average Bonchev–Trinajstić information content (AvgIpc) is 2.82. The molecule has 0 spiro atoms. The quantitative estimate of drug-likeness (QED) is 0.545. The van der Waals surface area contributed by atoms with Crippen LogP contribution in [0.2, 0.25) is 0 Å². The van der Waals surface area contributed by atoms with Gasteiger partial charge < -0.3 is 9.47 Å². The zero-order chi connectivity index (χ0) is 21.2. The summed E-state index contributed by atoms with van der Waals surface area (Å²) in [6, 6.07) is 7.89. The molecule has 1 aliphatic rings. The Morgan fingerprint density at radius 3 is 2.38 bits per heavy atom. The molecule has 158 valence electrons. The van der Waals surface area contributed by atoms with Gasteiger partial charge in [0.1, 0.15) is 12.4 Å². The van der Waals surface area contributed by atoms with Gasteiger partial charge in [-0.1, -0.05) is 0 Å². The van der Waals surface area contributed by atoms with E-state index in [0.29, 0.717) is 30.0 Å². The van der Waals surface area contributed by atoms with Crippen LogP contribution in [-0.2, 0) is 6.54 Å². The summed E-state index contributed by atoms with van der Waals surface area (Å²) in [4.78, 5) is 17.0. The molecule has 29 heavy (non-hydrogen) atoms. The highest BCUT2D eigenvalue weighted by molar-refractivity contribution is 5.99. The largest absolute Gasteiger partial charge is 0.406 e. The molecule has 0 radical (unpaired) electrons. The third-order valence-electron chi connectivity index (χ3n) is 5.36. The van der Waals surface area contributed by atoms with Gasteiger partial charge in [-0.3, -0.25) is 9.69 Å². The third-order valence-corrected chi connectivity index (χ3v) is 5.36. The first-order chi connectivity index (χ1) is 13.6. The van der Waals surface area contributed by atoms with Gasteiger partial charge in [-0.2, -0.15) is 13.2 Å². The summed E-state index contributed by atoms with van der Waals surface area (Å²) in [6.45, 7) is 5.12. The fourth-order valence-corrected chi connectivity index (χ4v) is 3.83. The van der Waals surface area contributed by atoms with Crippen molar-refractivity contribution >= 4 is 11.5 Å². The van der Waals surface area contributed by atoms with Crippen molar-refractivity contribution in [2.45, 2.75) is 33.0 Å². The highest BCUT2D eigenvalue weighted by atomic mass is 19.4. The van der Waals surface area contributed by atoms with Crippen molar-refractivity contribution in [1.29, 1.82) is 0 Å². The Labute approximate surface area is 167 Å². The lowest BCUT2D eigenvalue weighted by Crippen LogP contribution is -2.34. The van der Waals surface area contributed by atoms with Crippen molar-refractivity contribution in [3.63, 3.8) is 0 Å². The van der Waals surface area contributed by atoms with Crippen molar-refractivity contribution in [3.8, 4) is 0 Å². The van der Waals surface area contributed by atoms with Gasteiger partial charge in [0.05, 0.1) is 6.54 Å². The number of rotatable bonds is 5. The lowest BCUT2D eigenvalue weighted by atomic mass is 10.1. The van der Waals surface area contributed by atoms with E-state index in [1.54, 1.807) is 32.0 Å². The summed E-state index contributed by atoms with van der Waals surface area (Å²) in [6.07, 6.45) is -3.48. The van der Waals surface area contributed by atoms with Crippen LogP contribution in [0.1, 0.15) is 28.2 Å². The molecular formula is C21H25F4N3O. The summed E-state index contributed by atoms with van der Waals surface area (Å²) in [5.74, 6) is -0.444. The predicted molar refractivity (Wildman–Crippen MR) is 104 cm³/mol. The van der Waals surface area contributed by atoms with Crippen LogP contribution in [-0.4, -0.2) is 54.2 Å². The highest BCUT2D eigenvalue weighted by Gasteiger charge is 2.30. The molecule has 0 amide bonds. The van der Waals surface area contributed by atoms with Gasteiger partial charge in [0.25, 0.3) is 0 Å². The number of halogens is 4. The molecule has 0 unspecified atom stereocenters. The summed E-state index contributed by atoms with van der Waals surface area (Å²) in [7, 11) is 0. The molecule has 1 aromatic heterocycles. The Hall–Kier alpha value is -2.35. The molecule has 0 bridgehead atoms. The lowest BCUT2D eigenvalue weighted by Gasteiger charge is -2.23. The van der Waals surface area contributed by atoms with E-state index in [4.69, 9.17) is 0 Å². The zero-order valence-corrected chi connectivity index (χ0v) is 16.6. The second kappa shape index (κ2) is 8.57. The number of carbonyl (C=O) groups is 1. The number of benzene rings is 1. The number of Topliss-reactive ketones (excluding diaryl/α,β-unsaturated/α-hetero) is 1. The van der Waals surface area contributed by atoms with Crippen LogP contribution in [0.4, 0.5) is 23.2 Å². The van der Waals surface area contributed by atoms with Crippen molar-refractivity contribution in [2.24, 2.45) is 0 Å². The molecular weight excluding hydrogens is 386 g/mol. The van der Waals surface area contributed by atoms with Crippen LogP contribution in [0.25, 0.3) is 0 Å². The number of nitrogens with zero attached hydrogens (tertiary/aromatic N) is 3. The monoisotopic (exact) mass is 411 g/mol. The molecule has 3 rings (SSSR count). The molecule has 1 aromatic carbocycles. The minimum Gasteiger partial charge on any atom is -0.370 e. The van der Waals surface area contributed by atoms with Crippen LogP contribution < -0.4 is 4.90 Å². The Morgan fingerprint density at radius 2 is 1.72 bits per heavy atom. The van der Waals surface area contributed by atoms with Crippen molar-refractivity contribution < 1.29 is 22.4 Å². The van der Waals surface area contributed by atoms with Crippen LogP contribution in [0.3, 0.4) is 0 Å². The normalized spacial score (nSPS) is 16.1. The van der Waals surface area contributed by atoms with Gasteiger partial charge in [-0.25, -0.2) is 4.39 Å². The number of aromatic nitrogens is 1. The Bertz CT molecular complexity index is 858. The third kappa shape index (κ3) is 5.38. The van der Waals surface area contributed by atoms with E-state index in [0.717, 1.165) is 29.8 Å². The standard InChI is InChI=1S/C21H25F4N3O/c1-15-12-19(16(2)28(15)14-21(23,24)25)20(29)13-26-8-3-9-27(11-10-26)18-6-4-17(22)5-7-18/h4-7,12H,3,8-11,13-14H2,1-2H3. The van der Waals surface area contributed by atoms with Crippen LogP contribution in [0.5, 0.6) is 0 Å². The Balaban J connectivity index is 1.64. The minimum absolute atomic E-state index is 0.165. The van der Waals surface area contributed by atoms with Crippen molar-refractivity contribution in [3.05, 3.63) is 53.1 Å². The van der Waals surface area contributed by atoms with Gasteiger partial charge in [0.15, 0.2) is 5.78 Å². The first-order valence-corrected chi connectivity index (χ1v) is 9.63. The molecule has 1 saturated heterocycles. The highest BCUT2D eigenvalue weighted by Crippen LogP contribution is 2.24. The maximum atomic E-state index is 13.1. The molecule has 2 heterocycles. The summed E-state index contributed by atoms with van der Waals surface area (Å²) in [5.41, 5.74) is 2.08. The van der Waals surface area contributed by atoms with Crippen LogP contribution in [0, 0.1) is 19.7 Å². The number of hydrogen-bond donors (Lipinski definition) is 0. The summed E-state index contributed by atoms with van der Waals surface area (Å²) < 4.78 is 52.6. The second-order valence-corrected chi connectivity index (χ2v) is 7.50. The fraction of sp³-hybridized carbons (Fsp3) is 0.476. The Morgan fingerprint density at radius 1 is 1.03 bits per heavy atom. The Kier molecular flexibility index (Phi) is 6.31. The lowest BCUT2D eigenvalue weighted by molar-refractivity contribution is -0.141. The predicted octanol–water partition coefficient (Wildman–Crippen LogP) is 4.20. The average molecular weight is 411 g/mol. The summed E-state index contributed by atoms with van der Waals surface area (Å²) >= 11 is 0. The fourth-order valence-electron chi connectivity index (χ4n) is 3.83. The smallest absolute Gasteiger partial charge is 0.370 e. The number of alkyl halides is 3. The zero-order valence-electron chi connectivity index (χ0n) is 16.6. The molecule has 0 aliphatic carbocycles. The van der Waals surface area contributed by atoms with E-state index in [1.807, 2.05) is 4.90 Å². The van der Waals surface area contributed by atoms with Gasteiger partial charge in [0.2, 0.25) is 0 Å². The first kappa shape index (κ1) is 21.4. The van der Waals surface area contributed by atoms with E-state index >= 15 is 0 Å². The van der Waals surface area contributed by atoms with Crippen LogP contribution >= 0.6 is 0 Å². The van der Waals surface area contributed by atoms with Gasteiger partial charge in [0, 0.05) is 48.8 Å². The topological polar surface area (TPSA) is 28.5 Å². The summed E-state index contributed by atoms with van der Waals surface area (Å²) in [5, 5.41) is 0. The molecule has 1 fully saturated rings. The number of carbonyl (C=O) groups excluding carboxylic acids is 1. The molecule has 2 aromatic rings. The SMILES string of the molecule is Cc1cc(C(=O)CN2CCCN(c3ccc(F)cc3)CC2)c(C)n1CC(F)(F)F. The van der Waals surface area contributed by atoms with E-state index in [1.165, 1.54) is 12.1 Å². The van der Waals surface area contributed by atoms with E-state index in [-0.39, 0.29) is 18.1 Å². The van der Waals surface area contributed by atoms with E-state index in [9.17, 15) is 22.4 Å². The molecule has 0 saturated carbocycles. The molecule has 0 atom stereocenters. The van der Waals surface area contributed by atoms with E-state index < -0.39 is 12.7 Å². The van der Waals surface area contributed by atoms with Gasteiger partial charge >= 0.3 is 6.18 Å². The molecule has 1 aliphatic heterocycles. The maximum Gasteiger partial charge on any atom is 0.406 e. The first-order valence-electron chi connectivity index (χ1n) is 9.63. The molecule has 0 N–H and O–H groups in total. The maximum absolute atomic E-state index is 13.1. The van der Waals surface area contributed by atoms with E-state index in [2.05, 4.69) is 4.90 Å². The van der Waals surface area contributed by atoms with Gasteiger partial charge in [-0.15, -0.1) is 0 Å². The minimum atomic E-state index is -4.33.